The van der Waals surface area contributed by atoms with Gasteiger partial charge in [0.15, 0.2) is 0 Å². The SMILES string of the molecule is CC1=CC(C2CC2)C(C2OCC3=NCC(C)=C(C(F)(F)F)N3c3ccc(Cl)cc32)C=C1.CCOC(C)=O. The monoisotopic (exact) mass is 536 g/mol. The Bertz CT molecular complexity index is 1170. The van der Waals surface area contributed by atoms with Crippen molar-refractivity contribution in [2.24, 2.45) is 22.7 Å². The Morgan fingerprint density at radius 3 is 2.57 bits per heavy atom. The van der Waals surface area contributed by atoms with Crippen LogP contribution < -0.4 is 4.90 Å². The Balaban J connectivity index is 0.000000480. The average molecular weight is 537 g/mol. The number of amidine groups is 1. The largest absolute Gasteiger partial charge is 0.466 e. The summed E-state index contributed by atoms with van der Waals surface area (Å²) in [5, 5.41) is 0.480. The van der Waals surface area contributed by atoms with Crippen molar-refractivity contribution >= 4 is 29.1 Å². The Morgan fingerprint density at radius 1 is 1.24 bits per heavy atom. The van der Waals surface area contributed by atoms with Gasteiger partial charge in [0.1, 0.15) is 18.1 Å². The molecule has 5 nitrogen and oxygen atoms in total. The average Bonchev–Trinajstić information content (AvgIpc) is 3.66. The highest BCUT2D eigenvalue weighted by Gasteiger charge is 2.47. The van der Waals surface area contributed by atoms with Gasteiger partial charge in [0.2, 0.25) is 0 Å². The van der Waals surface area contributed by atoms with Gasteiger partial charge in [-0.2, -0.15) is 13.2 Å². The van der Waals surface area contributed by atoms with Crippen LogP contribution >= 0.6 is 11.6 Å². The van der Waals surface area contributed by atoms with Gasteiger partial charge in [-0.25, -0.2) is 0 Å². The van der Waals surface area contributed by atoms with Gasteiger partial charge in [-0.3, -0.25) is 14.7 Å². The van der Waals surface area contributed by atoms with Crippen molar-refractivity contribution in [1.29, 1.82) is 0 Å². The summed E-state index contributed by atoms with van der Waals surface area (Å²) in [7, 11) is 0. The fourth-order valence-electron chi connectivity index (χ4n) is 5.24. The lowest BCUT2D eigenvalue weighted by Crippen LogP contribution is -2.42. The number of nitrogens with zero attached hydrogens (tertiary/aromatic N) is 2. The molecule has 200 valence electrons. The number of aliphatic imine (C=N–C) groups is 1. The molecule has 1 aromatic rings. The lowest BCUT2D eigenvalue weighted by atomic mass is 9.77. The first kappa shape index (κ1) is 27.5. The topological polar surface area (TPSA) is 51.1 Å². The summed E-state index contributed by atoms with van der Waals surface area (Å²) in [4.78, 5) is 15.5. The molecular weight excluding hydrogens is 505 g/mol. The lowest BCUT2D eigenvalue weighted by molar-refractivity contribution is -0.140. The molecule has 2 aliphatic carbocycles. The second-order valence-corrected chi connectivity index (χ2v) is 10.3. The fraction of sp³-hybridized carbons (Fsp3) is 0.500. The van der Waals surface area contributed by atoms with Crippen molar-refractivity contribution in [3.8, 4) is 0 Å². The molecule has 9 heteroatoms. The fourth-order valence-corrected chi connectivity index (χ4v) is 5.42. The van der Waals surface area contributed by atoms with Crippen LogP contribution in [0.5, 0.6) is 0 Å². The number of fused-ring (bicyclic) bond motifs is 3. The standard InChI is InChI=1S/C24H24ClF3N2O.C4H8O2/c1-13-3-7-17(18(9-13)15-4-5-15)22-19-10-16(25)6-8-20(19)30-21(12-31-22)29-11-14(2)23(30)24(26,27)28;1-3-6-4(2)5/h3,6-10,15,17-18,22H,4-5,11-12H2,1-2H3;3H2,1-2H3. The highest BCUT2D eigenvalue weighted by molar-refractivity contribution is 6.30. The van der Waals surface area contributed by atoms with E-state index in [2.05, 4.69) is 34.9 Å². The maximum Gasteiger partial charge on any atom is 0.431 e. The number of carbonyl (C=O) groups excluding carboxylic acids is 1. The number of esters is 1. The molecule has 0 radical (unpaired) electrons. The maximum absolute atomic E-state index is 14.1. The molecule has 1 aromatic carbocycles. The summed E-state index contributed by atoms with van der Waals surface area (Å²) in [6.07, 6.45) is 3.98. The van der Waals surface area contributed by atoms with E-state index in [1.165, 1.54) is 37.2 Å². The predicted molar refractivity (Wildman–Crippen MR) is 139 cm³/mol. The van der Waals surface area contributed by atoms with Gasteiger partial charge in [0.25, 0.3) is 0 Å². The number of hydrogen-bond acceptors (Lipinski definition) is 5. The molecule has 0 bridgehead atoms. The Hall–Kier alpha value is -2.58. The minimum atomic E-state index is -4.50. The van der Waals surface area contributed by atoms with E-state index in [1.807, 2.05) is 0 Å². The van der Waals surface area contributed by atoms with Crippen LogP contribution in [-0.2, 0) is 14.3 Å². The molecule has 37 heavy (non-hydrogen) atoms. The molecular formula is C28H32ClF3N2O3. The van der Waals surface area contributed by atoms with Gasteiger partial charge < -0.3 is 9.47 Å². The van der Waals surface area contributed by atoms with Gasteiger partial charge in [-0.1, -0.05) is 35.4 Å². The van der Waals surface area contributed by atoms with E-state index in [4.69, 9.17) is 16.3 Å². The third-order valence-corrected chi connectivity index (χ3v) is 7.16. The normalized spacial score (nSPS) is 25.2. The smallest absolute Gasteiger partial charge is 0.431 e. The Kier molecular flexibility index (Phi) is 8.19. The van der Waals surface area contributed by atoms with Crippen LogP contribution in [0, 0.1) is 17.8 Å². The van der Waals surface area contributed by atoms with Gasteiger partial charge >= 0.3 is 12.1 Å². The summed E-state index contributed by atoms with van der Waals surface area (Å²) in [5.74, 6) is 1.01. The quantitative estimate of drug-likeness (QED) is 0.383. The number of carbonyl (C=O) groups is 1. The molecule has 5 rings (SSSR count). The molecule has 2 heterocycles. The summed E-state index contributed by atoms with van der Waals surface area (Å²) < 4.78 is 53.0. The van der Waals surface area contributed by atoms with E-state index in [-0.39, 0.29) is 30.6 Å². The summed E-state index contributed by atoms with van der Waals surface area (Å²) in [6.45, 7) is 7.27. The number of rotatable bonds is 3. The van der Waals surface area contributed by atoms with Gasteiger partial charge in [-0.15, -0.1) is 0 Å². The van der Waals surface area contributed by atoms with Crippen LogP contribution in [0.4, 0.5) is 18.9 Å². The minimum absolute atomic E-state index is 0.0214. The Labute approximate surface area is 220 Å². The molecule has 0 N–H and O–H groups in total. The highest BCUT2D eigenvalue weighted by atomic mass is 35.5. The van der Waals surface area contributed by atoms with Crippen LogP contribution in [0.25, 0.3) is 0 Å². The number of anilines is 1. The molecule has 0 spiro atoms. The van der Waals surface area contributed by atoms with E-state index < -0.39 is 18.0 Å². The number of ether oxygens (including phenoxy) is 2. The van der Waals surface area contributed by atoms with Crippen molar-refractivity contribution in [3.05, 3.63) is 63.9 Å². The van der Waals surface area contributed by atoms with Gasteiger partial charge in [0, 0.05) is 23.4 Å². The zero-order chi connectivity index (χ0) is 26.9. The van der Waals surface area contributed by atoms with Crippen LogP contribution in [0.2, 0.25) is 5.02 Å². The molecule has 0 amide bonds. The molecule has 1 saturated carbocycles. The lowest BCUT2D eigenvalue weighted by Gasteiger charge is -2.34. The molecule has 0 aromatic heterocycles. The molecule has 3 unspecified atom stereocenters. The van der Waals surface area contributed by atoms with Crippen molar-refractivity contribution in [2.75, 3.05) is 24.7 Å². The second-order valence-electron chi connectivity index (χ2n) is 9.82. The summed E-state index contributed by atoms with van der Waals surface area (Å²) in [5.41, 5.74) is 1.88. The van der Waals surface area contributed by atoms with Crippen LogP contribution in [0.1, 0.15) is 52.2 Å². The molecule has 4 aliphatic rings. The third kappa shape index (κ3) is 6.12. The first-order valence-electron chi connectivity index (χ1n) is 12.5. The van der Waals surface area contributed by atoms with Gasteiger partial charge in [-0.05, 0) is 69.2 Å². The second kappa shape index (κ2) is 11.0. The van der Waals surface area contributed by atoms with Crippen LogP contribution in [0.15, 0.2) is 58.3 Å². The first-order valence-corrected chi connectivity index (χ1v) is 12.9. The van der Waals surface area contributed by atoms with Crippen molar-refractivity contribution in [2.45, 2.75) is 52.8 Å². The number of benzene rings is 1. The van der Waals surface area contributed by atoms with Gasteiger partial charge in [0.05, 0.1) is 24.9 Å². The van der Waals surface area contributed by atoms with Crippen molar-refractivity contribution in [1.82, 2.24) is 0 Å². The maximum atomic E-state index is 14.1. The number of hydrogen-bond donors (Lipinski definition) is 0. The van der Waals surface area contributed by atoms with E-state index in [0.29, 0.717) is 40.6 Å². The predicted octanol–water partition coefficient (Wildman–Crippen LogP) is 7.19. The molecule has 2 aliphatic heterocycles. The zero-order valence-corrected chi connectivity index (χ0v) is 22.2. The zero-order valence-electron chi connectivity index (χ0n) is 21.4. The summed E-state index contributed by atoms with van der Waals surface area (Å²) >= 11 is 6.33. The number of allylic oxidation sites excluding steroid dienone is 4. The van der Waals surface area contributed by atoms with E-state index in [1.54, 1.807) is 25.1 Å². The van der Waals surface area contributed by atoms with Crippen molar-refractivity contribution < 1.29 is 27.4 Å². The summed E-state index contributed by atoms with van der Waals surface area (Å²) in [6, 6.07) is 5.06. The highest BCUT2D eigenvalue weighted by Crippen LogP contribution is 2.51. The third-order valence-electron chi connectivity index (χ3n) is 6.93. The van der Waals surface area contributed by atoms with E-state index >= 15 is 0 Å². The van der Waals surface area contributed by atoms with Crippen LogP contribution in [-0.4, -0.2) is 37.7 Å². The van der Waals surface area contributed by atoms with E-state index in [9.17, 15) is 18.0 Å². The molecule has 0 saturated heterocycles. The molecule has 3 atom stereocenters. The number of halogens is 4. The van der Waals surface area contributed by atoms with Crippen LogP contribution in [0.3, 0.4) is 0 Å². The molecule has 1 fully saturated rings. The van der Waals surface area contributed by atoms with Crippen molar-refractivity contribution in [3.63, 3.8) is 0 Å². The minimum Gasteiger partial charge on any atom is -0.466 e. The number of alkyl halides is 3. The Morgan fingerprint density at radius 2 is 1.97 bits per heavy atom. The van der Waals surface area contributed by atoms with E-state index in [0.717, 1.165) is 0 Å². The first-order chi connectivity index (χ1) is 17.5.